The summed E-state index contributed by atoms with van der Waals surface area (Å²) in [7, 11) is 0. The zero-order chi connectivity index (χ0) is 11.3. The van der Waals surface area contributed by atoms with Crippen molar-refractivity contribution in [1.82, 2.24) is 9.80 Å². The van der Waals surface area contributed by atoms with Crippen molar-refractivity contribution >= 4 is 11.8 Å². The maximum atomic E-state index is 11.7. The molecule has 0 aliphatic carbocycles. The summed E-state index contributed by atoms with van der Waals surface area (Å²) < 4.78 is 0. The molecule has 0 saturated carbocycles. The third kappa shape index (κ3) is 2.92. The first-order valence-electron chi connectivity index (χ1n) is 5.49. The third-order valence-electron chi connectivity index (χ3n) is 2.63. The Bertz CT molecular complexity index is 243. The summed E-state index contributed by atoms with van der Waals surface area (Å²) in [6.45, 7) is 4.99. The lowest BCUT2D eigenvalue weighted by Gasteiger charge is -2.19. The van der Waals surface area contributed by atoms with Gasteiger partial charge in [-0.1, -0.05) is 0 Å². The Morgan fingerprint density at radius 1 is 1.20 bits per heavy atom. The monoisotopic (exact) mass is 213 g/mol. The molecule has 1 aliphatic rings. The fourth-order valence-corrected chi connectivity index (χ4v) is 1.72. The quantitative estimate of drug-likeness (QED) is 0.635. The molecule has 1 rings (SSSR count). The number of hydrogen-bond acceptors (Lipinski definition) is 3. The first kappa shape index (κ1) is 12.0. The molecule has 0 aromatic rings. The summed E-state index contributed by atoms with van der Waals surface area (Å²) in [5.74, 6) is -0.741. The van der Waals surface area contributed by atoms with Crippen LogP contribution < -0.4 is 5.73 Å². The molecule has 2 amide bonds. The van der Waals surface area contributed by atoms with E-state index in [9.17, 15) is 9.59 Å². The van der Waals surface area contributed by atoms with Crippen LogP contribution in [0.25, 0.3) is 0 Å². The molecule has 15 heavy (non-hydrogen) atoms. The van der Waals surface area contributed by atoms with Crippen LogP contribution in [0.5, 0.6) is 0 Å². The minimum absolute atomic E-state index is 0.368. The first-order chi connectivity index (χ1) is 7.20. The number of nitrogens with two attached hydrogens (primary N) is 1. The van der Waals surface area contributed by atoms with Crippen LogP contribution >= 0.6 is 0 Å². The van der Waals surface area contributed by atoms with E-state index in [-0.39, 0.29) is 11.8 Å². The fourth-order valence-electron chi connectivity index (χ4n) is 1.72. The molecule has 0 spiro atoms. The van der Waals surface area contributed by atoms with Gasteiger partial charge in [0.1, 0.15) is 0 Å². The van der Waals surface area contributed by atoms with E-state index in [1.54, 1.807) is 9.80 Å². The van der Waals surface area contributed by atoms with Crippen LogP contribution in [-0.4, -0.2) is 54.3 Å². The van der Waals surface area contributed by atoms with E-state index in [1.807, 2.05) is 6.92 Å². The normalized spacial score (nSPS) is 18.3. The lowest BCUT2D eigenvalue weighted by atomic mass is 10.3. The minimum Gasteiger partial charge on any atom is -0.335 e. The van der Waals surface area contributed by atoms with E-state index in [2.05, 4.69) is 0 Å². The molecular weight excluding hydrogens is 194 g/mol. The highest BCUT2D eigenvalue weighted by Gasteiger charge is 2.28. The molecule has 1 heterocycles. The second-order valence-corrected chi connectivity index (χ2v) is 3.67. The smallest absolute Gasteiger partial charge is 0.312 e. The van der Waals surface area contributed by atoms with Crippen LogP contribution in [0.15, 0.2) is 0 Å². The predicted molar refractivity (Wildman–Crippen MR) is 57.1 cm³/mol. The maximum Gasteiger partial charge on any atom is 0.312 e. The zero-order valence-electron chi connectivity index (χ0n) is 9.24. The summed E-state index contributed by atoms with van der Waals surface area (Å²) in [6.07, 6.45) is 1.61. The van der Waals surface area contributed by atoms with E-state index < -0.39 is 0 Å². The van der Waals surface area contributed by atoms with Crippen LogP contribution in [0.4, 0.5) is 0 Å². The van der Waals surface area contributed by atoms with Gasteiger partial charge in [-0.15, -0.1) is 0 Å². The van der Waals surface area contributed by atoms with E-state index in [0.29, 0.717) is 32.7 Å². The predicted octanol–water partition coefficient (Wildman–Crippen LogP) is -0.584. The highest BCUT2D eigenvalue weighted by atomic mass is 16.2. The standard InChI is InChI=1S/C10H19N3O2/c1-2-12-7-4-8-13(6-3-5-11)10(15)9(12)14/h2-8,11H2,1H3. The van der Waals surface area contributed by atoms with Crippen molar-refractivity contribution in [2.45, 2.75) is 19.8 Å². The molecule has 0 atom stereocenters. The molecule has 1 fully saturated rings. The second kappa shape index (κ2) is 5.70. The topological polar surface area (TPSA) is 66.6 Å². The fraction of sp³-hybridized carbons (Fsp3) is 0.800. The highest BCUT2D eigenvalue weighted by Crippen LogP contribution is 2.06. The number of carbonyl (C=O) groups is 2. The first-order valence-corrected chi connectivity index (χ1v) is 5.49. The Kier molecular flexibility index (Phi) is 4.55. The van der Waals surface area contributed by atoms with Gasteiger partial charge in [0.15, 0.2) is 0 Å². The average molecular weight is 213 g/mol. The second-order valence-electron chi connectivity index (χ2n) is 3.67. The summed E-state index contributed by atoms with van der Waals surface area (Å²) in [6, 6.07) is 0. The number of nitrogens with zero attached hydrogens (tertiary/aromatic N) is 2. The van der Waals surface area contributed by atoms with Crippen molar-refractivity contribution in [2.75, 3.05) is 32.7 Å². The molecule has 86 valence electrons. The number of rotatable bonds is 4. The number of amides is 2. The Morgan fingerprint density at radius 2 is 1.80 bits per heavy atom. The summed E-state index contributed by atoms with van der Waals surface area (Å²) in [4.78, 5) is 26.6. The van der Waals surface area contributed by atoms with E-state index in [1.165, 1.54) is 0 Å². The summed E-state index contributed by atoms with van der Waals surface area (Å²) in [5, 5.41) is 0. The van der Waals surface area contributed by atoms with Crippen molar-refractivity contribution in [3.63, 3.8) is 0 Å². The van der Waals surface area contributed by atoms with Gasteiger partial charge in [-0.2, -0.15) is 0 Å². The molecule has 0 unspecified atom stereocenters. The molecule has 0 radical (unpaired) electrons. The van der Waals surface area contributed by atoms with Crippen molar-refractivity contribution in [2.24, 2.45) is 5.73 Å². The lowest BCUT2D eigenvalue weighted by molar-refractivity contribution is -0.150. The van der Waals surface area contributed by atoms with Crippen LogP contribution in [0.1, 0.15) is 19.8 Å². The van der Waals surface area contributed by atoms with Crippen LogP contribution in [0, 0.1) is 0 Å². The number of carbonyl (C=O) groups excluding carboxylic acids is 2. The highest BCUT2D eigenvalue weighted by molar-refractivity contribution is 6.35. The van der Waals surface area contributed by atoms with Gasteiger partial charge in [-0.25, -0.2) is 0 Å². The SMILES string of the molecule is CCN1CCCN(CCCN)C(=O)C1=O. The Morgan fingerprint density at radius 3 is 2.40 bits per heavy atom. The maximum absolute atomic E-state index is 11.7. The van der Waals surface area contributed by atoms with Crippen molar-refractivity contribution in [3.8, 4) is 0 Å². The van der Waals surface area contributed by atoms with Crippen LogP contribution in [0.2, 0.25) is 0 Å². The van der Waals surface area contributed by atoms with E-state index in [0.717, 1.165) is 12.8 Å². The molecule has 0 bridgehead atoms. The molecular formula is C10H19N3O2. The van der Waals surface area contributed by atoms with Gasteiger partial charge in [0.05, 0.1) is 0 Å². The van der Waals surface area contributed by atoms with Gasteiger partial charge in [0, 0.05) is 26.2 Å². The van der Waals surface area contributed by atoms with Crippen LogP contribution in [0.3, 0.4) is 0 Å². The van der Waals surface area contributed by atoms with Gasteiger partial charge in [-0.3, -0.25) is 9.59 Å². The van der Waals surface area contributed by atoms with Crippen molar-refractivity contribution in [1.29, 1.82) is 0 Å². The molecule has 5 heteroatoms. The average Bonchev–Trinajstić information content (AvgIpc) is 2.38. The number of likely N-dealkylation sites (N-methyl/N-ethyl adjacent to an activating group) is 1. The van der Waals surface area contributed by atoms with Crippen molar-refractivity contribution in [3.05, 3.63) is 0 Å². The molecule has 5 nitrogen and oxygen atoms in total. The number of hydrogen-bond donors (Lipinski definition) is 1. The molecule has 1 aliphatic heterocycles. The van der Waals surface area contributed by atoms with Gasteiger partial charge in [0.25, 0.3) is 0 Å². The van der Waals surface area contributed by atoms with E-state index in [4.69, 9.17) is 5.73 Å². The van der Waals surface area contributed by atoms with E-state index >= 15 is 0 Å². The van der Waals surface area contributed by atoms with Crippen LogP contribution in [-0.2, 0) is 9.59 Å². The Labute approximate surface area is 90.2 Å². The Hall–Kier alpha value is -1.10. The van der Waals surface area contributed by atoms with Gasteiger partial charge in [-0.05, 0) is 26.3 Å². The molecule has 0 aromatic carbocycles. The Balaban J connectivity index is 2.61. The summed E-state index contributed by atoms with van der Waals surface area (Å²) in [5.41, 5.74) is 5.39. The minimum atomic E-state index is -0.372. The molecule has 1 saturated heterocycles. The van der Waals surface area contributed by atoms with Gasteiger partial charge >= 0.3 is 11.8 Å². The lowest BCUT2D eigenvalue weighted by Crippen LogP contribution is -2.42. The van der Waals surface area contributed by atoms with Crippen molar-refractivity contribution < 1.29 is 9.59 Å². The zero-order valence-corrected chi connectivity index (χ0v) is 9.24. The van der Waals surface area contributed by atoms with Gasteiger partial charge < -0.3 is 15.5 Å². The van der Waals surface area contributed by atoms with Gasteiger partial charge in [0.2, 0.25) is 0 Å². The molecule has 2 N–H and O–H groups in total. The third-order valence-corrected chi connectivity index (χ3v) is 2.63. The largest absolute Gasteiger partial charge is 0.335 e. The molecule has 0 aromatic heterocycles. The summed E-state index contributed by atoms with van der Waals surface area (Å²) >= 11 is 0.